The zero-order chi connectivity index (χ0) is 16.0. The molecule has 0 saturated carbocycles. The quantitative estimate of drug-likeness (QED) is 0.715. The van der Waals surface area contributed by atoms with Gasteiger partial charge in [-0.1, -0.05) is 30.3 Å². The second-order valence-electron chi connectivity index (χ2n) is 5.24. The number of nitrogens with one attached hydrogen (secondary N) is 2. The van der Waals surface area contributed by atoms with Gasteiger partial charge >= 0.3 is 6.03 Å². The van der Waals surface area contributed by atoms with E-state index >= 15 is 0 Å². The van der Waals surface area contributed by atoms with Crippen molar-refractivity contribution >= 4 is 6.03 Å². The molecule has 0 aliphatic carbocycles. The molecule has 0 spiro atoms. The molecule has 2 amide bonds. The van der Waals surface area contributed by atoms with E-state index in [1.165, 1.54) is 0 Å². The van der Waals surface area contributed by atoms with Crippen LogP contribution in [0.2, 0.25) is 0 Å². The van der Waals surface area contributed by atoms with Gasteiger partial charge in [0, 0.05) is 0 Å². The molecule has 6 heteroatoms. The van der Waals surface area contributed by atoms with Crippen LogP contribution in [-0.2, 0) is 17.0 Å². The number of aliphatic hydroxyl groups is 1. The normalized spacial score (nSPS) is 13.4. The number of furan rings is 1. The Morgan fingerprint density at radius 3 is 2.64 bits per heavy atom. The van der Waals surface area contributed by atoms with Gasteiger partial charge in [0.25, 0.3) is 0 Å². The highest BCUT2D eigenvalue weighted by Gasteiger charge is 2.27. The molecule has 2 rings (SSSR count). The highest BCUT2D eigenvalue weighted by Crippen LogP contribution is 2.21. The van der Waals surface area contributed by atoms with E-state index < -0.39 is 11.6 Å². The van der Waals surface area contributed by atoms with Crippen LogP contribution in [0.4, 0.5) is 4.79 Å². The number of hydroxylamine groups is 1. The van der Waals surface area contributed by atoms with Crippen molar-refractivity contribution in [1.82, 2.24) is 10.8 Å². The average molecular weight is 304 g/mol. The summed E-state index contributed by atoms with van der Waals surface area (Å²) in [4.78, 5) is 16.7. The van der Waals surface area contributed by atoms with Gasteiger partial charge in [-0.05, 0) is 31.5 Å². The lowest BCUT2D eigenvalue weighted by Crippen LogP contribution is -2.43. The molecular weight excluding hydrogens is 284 g/mol. The molecule has 0 saturated heterocycles. The van der Waals surface area contributed by atoms with Crippen LogP contribution in [0.5, 0.6) is 0 Å². The molecule has 1 atom stereocenters. The van der Waals surface area contributed by atoms with Crippen LogP contribution >= 0.6 is 0 Å². The predicted octanol–water partition coefficient (Wildman–Crippen LogP) is 2.23. The maximum absolute atomic E-state index is 11.6. The van der Waals surface area contributed by atoms with E-state index in [1.807, 2.05) is 30.3 Å². The van der Waals surface area contributed by atoms with Gasteiger partial charge in [-0.15, -0.1) is 0 Å². The van der Waals surface area contributed by atoms with Crippen LogP contribution < -0.4 is 10.8 Å². The van der Waals surface area contributed by atoms with E-state index in [-0.39, 0.29) is 13.2 Å². The molecule has 0 radical (unpaired) electrons. The maximum Gasteiger partial charge on any atom is 0.338 e. The summed E-state index contributed by atoms with van der Waals surface area (Å²) in [5.41, 5.74) is 1.93. The lowest BCUT2D eigenvalue weighted by atomic mass is 10.0. The standard InChI is InChI=1S/C16H20N2O4/c1-12-8-9-14(22-12)16(2,20)11-17-15(19)18-21-10-13-6-4-3-5-7-13/h3-9,20H,10-11H2,1-2H3,(H2,17,18,19). The number of amides is 2. The Morgan fingerprint density at radius 1 is 1.27 bits per heavy atom. The van der Waals surface area contributed by atoms with E-state index in [2.05, 4.69) is 10.8 Å². The van der Waals surface area contributed by atoms with Crippen molar-refractivity contribution in [1.29, 1.82) is 0 Å². The third kappa shape index (κ3) is 4.61. The van der Waals surface area contributed by atoms with E-state index in [4.69, 9.17) is 9.25 Å². The first kappa shape index (κ1) is 16.1. The molecule has 0 bridgehead atoms. The number of benzene rings is 1. The molecule has 22 heavy (non-hydrogen) atoms. The maximum atomic E-state index is 11.6. The van der Waals surface area contributed by atoms with E-state index in [0.717, 1.165) is 5.56 Å². The molecule has 1 unspecified atom stereocenters. The first-order valence-electron chi connectivity index (χ1n) is 6.96. The van der Waals surface area contributed by atoms with Crippen LogP contribution in [0.3, 0.4) is 0 Å². The molecule has 3 N–H and O–H groups in total. The highest BCUT2D eigenvalue weighted by molar-refractivity contribution is 5.72. The van der Waals surface area contributed by atoms with Crippen molar-refractivity contribution in [3.63, 3.8) is 0 Å². The summed E-state index contributed by atoms with van der Waals surface area (Å²) in [6.45, 7) is 3.62. The van der Waals surface area contributed by atoms with E-state index in [1.54, 1.807) is 26.0 Å². The van der Waals surface area contributed by atoms with Crippen LogP contribution in [0.1, 0.15) is 24.0 Å². The molecule has 1 aromatic carbocycles. The molecule has 0 aliphatic heterocycles. The minimum Gasteiger partial charge on any atom is -0.463 e. The van der Waals surface area contributed by atoms with Gasteiger partial charge in [-0.2, -0.15) is 0 Å². The van der Waals surface area contributed by atoms with Crippen molar-refractivity contribution in [3.05, 3.63) is 59.5 Å². The molecule has 6 nitrogen and oxygen atoms in total. The van der Waals surface area contributed by atoms with Gasteiger partial charge in [0.15, 0.2) is 0 Å². The van der Waals surface area contributed by atoms with Gasteiger partial charge < -0.3 is 14.8 Å². The van der Waals surface area contributed by atoms with Gasteiger partial charge in [0.2, 0.25) is 0 Å². The minimum atomic E-state index is -1.29. The van der Waals surface area contributed by atoms with Gasteiger partial charge in [-0.3, -0.25) is 4.84 Å². The summed E-state index contributed by atoms with van der Waals surface area (Å²) in [5, 5.41) is 12.8. The summed E-state index contributed by atoms with van der Waals surface area (Å²) in [5.74, 6) is 1.10. The fraction of sp³-hybridized carbons (Fsp3) is 0.312. The number of hydrogen-bond donors (Lipinski definition) is 3. The fourth-order valence-corrected chi connectivity index (χ4v) is 1.86. The number of hydrogen-bond acceptors (Lipinski definition) is 4. The second kappa shape index (κ2) is 7.11. The van der Waals surface area contributed by atoms with Gasteiger partial charge in [0.1, 0.15) is 17.1 Å². The Bertz CT molecular complexity index is 608. The van der Waals surface area contributed by atoms with Crippen molar-refractivity contribution in [2.24, 2.45) is 0 Å². The lowest BCUT2D eigenvalue weighted by Gasteiger charge is -2.21. The third-order valence-electron chi connectivity index (χ3n) is 3.11. The predicted molar refractivity (Wildman–Crippen MR) is 80.8 cm³/mol. The van der Waals surface area contributed by atoms with Gasteiger partial charge in [-0.25, -0.2) is 10.3 Å². The van der Waals surface area contributed by atoms with E-state index in [9.17, 15) is 9.90 Å². The van der Waals surface area contributed by atoms with Crippen molar-refractivity contribution in [2.75, 3.05) is 6.54 Å². The number of carbonyl (C=O) groups is 1. The summed E-state index contributed by atoms with van der Waals surface area (Å²) >= 11 is 0. The summed E-state index contributed by atoms with van der Waals surface area (Å²) in [6, 6.07) is 12.4. The molecule has 0 aliphatic rings. The van der Waals surface area contributed by atoms with Crippen molar-refractivity contribution in [3.8, 4) is 0 Å². The van der Waals surface area contributed by atoms with Crippen LogP contribution in [0.15, 0.2) is 46.9 Å². The van der Waals surface area contributed by atoms with Crippen LogP contribution in [0.25, 0.3) is 0 Å². The second-order valence-corrected chi connectivity index (χ2v) is 5.24. The Balaban J connectivity index is 1.73. The van der Waals surface area contributed by atoms with Crippen molar-refractivity contribution in [2.45, 2.75) is 26.1 Å². The largest absolute Gasteiger partial charge is 0.463 e. The Labute approximate surface area is 129 Å². The monoisotopic (exact) mass is 304 g/mol. The number of rotatable bonds is 6. The SMILES string of the molecule is Cc1ccc(C(C)(O)CNC(=O)NOCc2ccccc2)o1. The zero-order valence-electron chi connectivity index (χ0n) is 12.6. The number of urea groups is 1. The molecule has 118 valence electrons. The Kier molecular flexibility index (Phi) is 5.19. The minimum absolute atomic E-state index is 0.000480. The third-order valence-corrected chi connectivity index (χ3v) is 3.11. The van der Waals surface area contributed by atoms with Gasteiger partial charge in [0.05, 0.1) is 13.2 Å². The van der Waals surface area contributed by atoms with Crippen molar-refractivity contribution < 1.29 is 19.2 Å². The lowest BCUT2D eigenvalue weighted by molar-refractivity contribution is 0.0263. The van der Waals surface area contributed by atoms with Crippen LogP contribution in [0, 0.1) is 6.92 Å². The summed E-state index contributed by atoms with van der Waals surface area (Å²) < 4.78 is 5.37. The topological polar surface area (TPSA) is 83.7 Å². The molecule has 2 aromatic rings. The Morgan fingerprint density at radius 2 is 2.00 bits per heavy atom. The molecule has 1 aromatic heterocycles. The summed E-state index contributed by atoms with van der Waals surface area (Å²) in [6.07, 6.45) is 0. The fourth-order valence-electron chi connectivity index (χ4n) is 1.86. The first-order chi connectivity index (χ1) is 10.5. The smallest absolute Gasteiger partial charge is 0.338 e. The summed E-state index contributed by atoms with van der Waals surface area (Å²) in [7, 11) is 0. The average Bonchev–Trinajstić information content (AvgIpc) is 2.94. The first-order valence-corrected chi connectivity index (χ1v) is 6.96. The Hall–Kier alpha value is -2.31. The van der Waals surface area contributed by atoms with E-state index in [0.29, 0.717) is 11.5 Å². The zero-order valence-corrected chi connectivity index (χ0v) is 12.6. The van der Waals surface area contributed by atoms with Crippen LogP contribution in [-0.4, -0.2) is 17.7 Å². The molecular formula is C16H20N2O4. The molecule has 1 heterocycles. The molecule has 0 fully saturated rings. The number of aryl methyl sites for hydroxylation is 1. The highest BCUT2D eigenvalue weighted by atomic mass is 16.7. The number of carbonyl (C=O) groups excluding carboxylic acids is 1.